The lowest BCUT2D eigenvalue weighted by Gasteiger charge is -2.12. The third kappa shape index (κ3) is 8.83. The zero-order valence-electron chi connectivity index (χ0n) is 34.5. The summed E-state index contributed by atoms with van der Waals surface area (Å²) < 4.78 is 45.8. The van der Waals surface area contributed by atoms with E-state index in [-0.39, 0.29) is 13.2 Å². The van der Waals surface area contributed by atoms with Gasteiger partial charge < -0.3 is 47.9 Å². The quantitative estimate of drug-likeness (QED) is 0.0750. The smallest absolute Gasteiger partial charge is 0.164 e. The normalized spacial score (nSPS) is 11.9. The third-order valence-corrected chi connectivity index (χ3v) is 10.2. The Bertz CT molecular complexity index is 2660. The Morgan fingerprint density at radius 3 is 1.06 bits per heavy atom. The molecule has 0 aliphatic carbocycles. The minimum absolute atomic E-state index is 0.261. The van der Waals surface area contributed by atoms with E-state index in [1.54, 1.807) is 14.2 Å². The number of benzene rings is 4. The number of nitrogens with one attached hydrogen (secondary N) is 2. The molecule has 0 unspecified atom stereocenters. The molecule has 0 atom stereocenters. The maximum absolute atomic E-state index is 6.46. The summed E-state index contributed by atoms with van der Waals surface area (Å²) in [5.74, 6) is 3.06. The molecule has 0 amide bonds. The molecule has 62 heavy (non-hydrogen) atoms. The van der Waals surface area contributed by atoms with Crippen LogP contribution in [-0.2, 0) is 28.4 Å². The van der Waals surface area contributed by atoms with Gasteiger partial charge in [-0.15, -0.1) is 0 Å². The molecular weight excluding hydrogens is 793 g/mol. The molecule has 0 radical (unpaired) electrons. The summed E-state index contributed by atoms with van der Waals surface area (Å²) >= 11 is 0. The van der Waals surface area contributed by atoms with Crippen molar-refractivity contribution in [3.05, 3.63) is 84.9 Å². The Kier molecular flexibility index (Phi) is 12.9. The average molecular weight is 839 g/mol. The van der Waals surface area contributed by atoms with Crippen LogP contribution in [0.25, 0.3) is 89.7 Å². The molecule has 318 valence electrons. The topological polar surface area (TPSA) is 183 Å². The highest BCUT2D eigenvalue weighted by atomic mass is 16.6. The van der Waals surface area contributed by atoms with Crippen LogP contribution in [-0.4, -0.2) is 133 Å². The first-order valence-corrected chi connectivity index (χ1v) is 20.5. The average Bonchev–Trinajstić information content (AvgIpc) is 4.04. The van der Waals surface area contributed by atoms with Gasteiger partial charge in [-0.1, -0.05) is 72.8 Å². The highest BCUT2D eigenvalue weighted by Crippen LogP contribution is 2.41. The molecule has 8 bridgehead atoms. The van der Waals surface area contributed by atoms with E-state index in [4.69, 9.17) is 67.8 Å². The summed E-state index contributed by atoms with van der Waals surface area (Å²) in [5, 5.41) is 3.09. The van der Waals surface area contributed by atoms with Crippen LogP contribution in [0.1, 0.15) is 0 Å². The highest BCUT2D eigenvalue weighted by molar-refractivity contribution is 6.12. The second-order valence-corrected chi connectivity index (χ2v) is 14.2. The minimum atomic E-state index is 0.261. The molecule has 0 fully saturated rings. The highest BCUT2D eigenvalue weighted by Gasteiger charge is 2.24. The third-order valence-electron chi connectivity index (χ3n) is 10.2. The second-order valence-electron chi connectivity index (χ2n) is 14.2. The number of H-pyrrole nitrogens is 2. The van der Waals surface area contributed by atoms with Crippen molar-refractivity contribution in [2.45, 2.75) is 0 Å². The Morgan fingerprint density at radius 2 is 0.677 bits per heavy atom. The Balaban J connectivity index is 1.20. The molecule has 0 saturated carbocycles. The van der Waals surface area contributed by atoms with Crippen LogP contribution in [0, 0.1) is 0 Å². The van der Waals surface area contributed by atoms with Gasteiger partial charge in [-0.05, 0) is 12.1 Å². The summed E-state index contributed by atoms with van der Waals surface area (Å²) in [7, 11) is 3.28. The van der Waals surface area contributed by atoms with Gasteiger partial charge in [0.25, 0.3) is 0 Å². The lowest BCUT2D eigenvalue weighted by atomic mass is 10.1. The van der Waals surface area contributed by atoms with Crippen LogP contribution in [0.3, 0.4) is 0 Å². The molecule has 2 aliphatic rings. The Morgan fingerprint density at radius 1 is 0.355 bits per heavy atom. The molecule has 4 aromatic carbocycles. The van der Waals surface area contributed by atoms with E-state index in [1.165, 1.54) is 0 Å². The van der Waals surface area contributed by atoms with E-state index in [1.807, 2.05) is 84.9 Å². The number of hydrogen-bond donors (Lipinski definition) is 2. The van der Waals surface area contributed by atoms with Crippen LogP contribution >= 0.6 is 0 Å². The molecule has 16 heteroatoms. The van der Waals surface area contributed by atoms with Crippen molar-refractivity contribution >= 4 is 44.1 Å². The van der Waals surface area contributed by atoms with Gasteiger partial charge in [0.1, 0.15) is 47.3 Å². The monoisotopic (exact) mass is 838 g/mol. The van der Waals surface area contributed by atoms with Gasteiger partial charge in [0.05, 0.1) is 76.8 Å². The van der Waals surface area contributed by atoms with Crippen molar-refractivity contribution in [3.63, 3.8) is 0 Å². The molecular formula is C46H46N8O8. The molecule has 0 spiro atoms. The van der Waals surface area contributed by atoms with Crippen LogP contribution in [0.4, 0.5) is 0 Å². The van der Waals surface area contributed by atoms with Gasteiger partial charge in [0, 0.05) is 47.2 Å². The van der Waals surface area contributed by atoms with E-state index in [2.05, 4.69) is 9.97 Å². The first-order valence-electron chi connectivity index (χ1n) is 20.5. The maximum Gasteiger partial charge on any atom is 0.164 e. The second kappa shape index (κ2) is 19.5. The Labute approximate surface area is 356 Å². The lowest BCUT2D eigenvalue weighted by Crippen LogP contribution is -2.13. The largest absolute Gasteiger partial charge is 0.490 e. The fourth-order valence-corrected chi connectivity index (χ4v) is 7.30. The van der Waals surface area contributed by atoms with Crippen molar-refractivity contribution in [3.8, 4) is 57.1 Å². The molecule has 5 heterocycles. The summed E-state index contributed by atoms with van der Waals surface area (Å²) in [4.78, 5) is 37.7. The van der Waals surface area contributed by atoms with Crippen molar-refractivity contribution < 1.29 is 37.9 Å². The molecule has 2 N–H and O–H groups in total. The standard InChI is InChI=1S/C46H46N8O8/c1-55-17-19-57-21-23-59-25-27-61-35-15-16-36(62-28-26-60-24-22-58-20-18-56-2)38-37(35)45-52-43-33-13-7-5-11-31(33)41(50-43)48-39-29-9-3-4-10-30(29)40(47-39)49-42-32-12-6-8-14-34(32)44(51-42)53-46(38)54-45/h3-16H,17-28H2,1-2H3,(H2,47,48,49,50,51,52,53,54). The van der Waals surface area contributed by atoms with Crippen LogP contribution in [0.5, 0.6) is 11.5 Å². The number of ether oxygens (including phenoxy) is 8. The SMILES string of the molecule is COCCOCCOCCOc1ccc(OCCOCCOCCOC)c2c3nc4nc(nc5[nH]c(nc6nc(nc([nH]3)c12)-c1ccccc1-6)c1ccccc51)-c1ccccc1-4. The van der Waals surface area contributed by atoms with E-state index in [0.717, 1.165) is 33.0 Å². The molecule has 3 aromatic heterocycles. The number of methoxy groups -OCH3 is 2. The number of nitrogens with zero attached hydrogens (tertiary/aromatic N) is 6. The zero-order chi connectivity index (χ0) is 42.1. The zero-order valence-corrected chi connectivity index (χ0v) is 34.5. The molecule has 16 nitrogen and oxygen atoms in total. The van der Waals surface area contributed by atoms with Gasteiger partial charge in [-0.25, -0.2) is 29.9 Å². The van der Waals surface area contributed by atoms with E-state index in [9.17, 15) is 0 Å². The number of aromatic nitrogens is 8. The fourth-order valence-electron chi connectivity index (χ4n) is 7.30. The van der Waals surface area contributed by atoms with Gasteiger partial charge >= 0.3 is 0 Å². The Hall–Kier alpha value is -6.40. The first kappa shape index (κ1) is 41.0. The van der Waals surface area contributed by atoms with Gasteiger partial charge in [0.2, 0.25) is 0 Å². The molecule has 0 saturated heterocycles. The van der Waals surface area contributed by atoms with Gasteiger partial charge in [-0.3, -0.25) is 0 Å². The molecule has 9 rings (SSSR count). The molecule has 2 aliphatic heterocycles. The van der Waals surface area contributed by atoms with Crippen LogP contribution in [0.2, 0.25) is 0 Å². The predicted molar refractivity (Wildman–Crippen MR) is 234 cm³/mol. The van der Waals surface area contributed by atoms with Crippen molar-refractivity contribution in [2.24, 2.45) is 0 Å². The number of rotatable bonds is 20. The maximum atomic E-state index is 6.46. The van der Waals surface area contributed by atoms with E-state index in [0.29, 0.717) is 134 Å². The van der Waals surface area contributed by atoms with Gasteiger partial charge in [-0.2, -0.15) is 0 Å². The van der Waals surface area contributed by atoms with Crippen LogP contribution in [0.15, 0.2) is 84.9 Å². The van der Waals surface area contributed by atoms with E-state index >= 15 is 0 Å². The lowest BCUT2D eigenvalue weighted by molar-refractivity contribution is 0.0179. The van der Waals surface area contributed by atoms with Crippen molar-refractivity contribution in [2.75, 3.05) is 93.5 Å². The summed E-state index contributed by atoms with van der Waals surface area (Å²) in [6, 6.07) is 27.6. The van der Waals surface area contributed by atoms with E-state index < -0.39 is 0 Å². The summed E-state index contributed by atoms with van der Waals surface area (Å²) in [5.41, 5.74) is 5.51. The van der Waals surface area contributed by atoms with Crippen molar-refractivity contribution in [1.82, 2.24) is 39.9 Å². The van der Waals surface area contributed by atoms with Crippen molar-refractivity contribution in [1.29, 1.82) is 0 Å². The minimum Gasteiger partial charge on any atom is -0.490 e. The fraction of sp³-hybridized carbons (Fsp3) is 0.304. The predicted octanol–water partition coefficient (Wildman–Crippen LogP) is 6.99. The molecule has 7 aromatic rings. The number of fused-ring (bicyclic) bond motifs is 20. The number of hydrogen-bond acceptors (Lipinski definition) is 14. The first-order chi connectivity index (χ1) is 30.7. The summed E-state index contributed by atoms with van der Waals surface area (Å²) in [6.45, 7) is 4.99. The number of aromatic amines is 2. The van der Waals surface area contributed by atoms with Crippen LogP contribution < -0.4 is 9.47 Å². The van der Waals surface area contributed by atoms with Gasteiger partial charge in [0.15, 0.2) is 23.3 Å². The summed E-state index contributed by atoms with van der Waals surface area (Å²) in [6.07, 6.45) is 0.